The normalized spacial score (nSPS) is 18.8. The maximum absolute atomic E-state index is 13.8. The van der Waals surface area contributed by atoms with E-state index in [0.29, 0.717) is 18.0 Å². The number of nitrogens with zero attached hydrogens (tertiary/aromatic N) is 1. The molecule has 0 aliphatic carbocycles. The molecule has 1 aliphatic heterocycles. The van der Waals surface area contributed by atoms with Gasteiger partial charge in [-0.1, -0.05) is 6.92 Å². The van der Waals surface area contributed by atoms with Crippen LogP contribution >= 0.6 is 0 Å². The first kappa shape index (κ1) is 18.4. The average molecular weight is 335 g/mol. The molecule has 6 heteroatoms. The first-order valence-corrected chi connectivity index (χ1v) is 8.40. The molecule has 132 valence electrons. The Morgan fingerprint density at radius 1 is 1.42 bits per heavy atom. The van der Waals surface area contributed by atoms with E-state index in [4.69, 9.17) is 0 Å². The van der Waals surface area contributed by atoms with E-state index >= 15 is 0 Å². The van der Waals surface area contributed by atoms with Gasteiger partial charge in [0.15, 0.2) is 0 Å². The molecule has 0 bridgehead atoms. The summed E-state index contributed by atoms with van der Waals surface area (Å²) >= 11 is 0. The Morgan fingerprint density at radius 2 is 2.17 bits per heavy atom. The number of benzene rings is 1. The molecule has 1 aromatic carbocycles. The average Bonchev–Trinajstić information content (AvgIpc) is 2.56. The first-order valence-electron chi connectivity index (χ1n) is 8.40. The van der Waals surface area contributed by atoms with Crippen LogP contribution in [-0.4, -0.2) is 43.9 Å². The summed E-state index contributed by atoms with van der Waals surface area (Å²) in [5, 5.41) is 6.14. The molecule has 2 unspecified atom stereocenters. The molecule has 2 atom stereocenters. The van der Waals surface area contributed by atoms with E-state index in [1.807, 2.05) is 0 Å². The van der Waals surface area contributed by atoms with Gasteiger partial charge in [0.2, 0.25) is 5.91 Å². The number of halogens is 1. The van der Waals surface area contributed by atoms with E-state index in [1.54, 1.807) is 14.1 Å². The Balaban J connectivity index is 1.98. The zero-order chi connectivity index (χ0) is 17.7. The molecule has 1 aromatic rings. The largest absolute Gasteiger partial charge is 0.345 e. The van der Waals surface area contributed by atoms with Crippen molar-refractivity contribution in [1.82, 2.24) is 10.2 Å². The third-order valence-electron chi connectivity index (χ3n) is 4.53. The van der Waals surface area contributed by atoms with E-state index in [2.05, 4.69) is 17.6 Å². The predicted octanol–water partition coefficient (Wildman–Crippen LogP) is 2.49. The van der Waals surface area contributed by atoms with Crippen LogP contribution in [-0.2, 0) is 4.79 Å². The Morgan fingerprint density at radius 3 is 2.79 bits per heavy atom. The minimum Gasteiger partial charge on any atom is -0.345 e. The van der Waals surface area contributed by atoms with Crippen LogP contribution in [0, 0.1) is 17.7 Å². The van der Waals surface area contributed by atoms with Gasteiger partial charge < -0.3 is 15.5 Å². The molecule has 0 saturated carbocycles. The SMILES string of the molecule is CC(CC(=O)Nc1ccc(F)c(C(=O)N(C)C)c1)C1CCCNC1. The van der Waals surface area contributed by atoms with Gasteiger partial charge in [0.25, 0.3) is 5.91 Å². The minimum atomic E-state index is -0.589. The highest BCUT2D eigenvalue weighted by atomic mass is 19.1. The second-order valence-electron chi connectivity index (χ2n) is 6.73. The number of anilines is 1. The van der Waals surface area contributed by atoms with E-state index in [0.717, 1.165) is 25.9 Å². The van der Waals surface area contributed by atoms with Gasteiger partial charge in [-0.15, -0.1) is 0 Å². The van der Waals surface area contributed by atoms with Crippen LogP contribution in [0.15, 0.2) is 18.2 Å². The molecule has 0 radical (unpaired) electrons. The quantitative estimate of drug-likeness (QED) is 0.869. The summed E-state index contributed by atoms with van der Waals surface area (Å²) in [6.07, 6.45) is 2.70. The molecule has 1 saturated heterocycles. The van der Waals surface area contributed by atoms with E-state index in [9.17, 15) is 14.0 Å². The smallest absolute Gasteiger partial charge is 0.256 e. The van der Waals surface area contributed by atoms with Crippen molar-refractivity contribution in [1.29, 1.82) is 0 Å². The van der Waals surface area contributed by atoms with Crippen molar-refractivity contribution >= 4 is 17.5 Å². The van der Waals surface area contributed by atoms with Crippen molar-refractivity contribution in [3.63, 3.8) is 0 Å². The maximum Gasteiger partial charge on any atom is 0.256 e. The second-order valence-corrected chi connectivity index (χ2v) is 6.73. The number of amides is 2. The van der Waals surface area contributed by atoms with E-state index in [-0.39, 0.29) is 17.4 Å². The van der Waals surface area contributed by atoms with Crippen molar-refractivity contribution in [3.05, 3.63) is 29.6 Å². The molecular formula is C18H26FN3O2. The monoisotopic (exact) mass is 335 g/mol. The van der Waals surface area contributed by atoms with E-state index in [1.165, 1.54) is 23.1 Å². The fourth-order valence-corrected chi connectivity index (χ4v) is 3.04. The number of carbonyl (C=O) groups excluding carboxylic acids is 2. The lowest BCUT2D eigenvalue weighted by molar-refractivity contribution is -0.117. The Kier molecular flexibility index (Phi) is 6.31. The molecule has 2 amide bonds. The lowest BCUT2D eigenvalue weighted by Crippen LogP contribution is -2.34. The highest BCUT2D eigenvalue weighted by Gasteiger charge is 2.22. The van der Waals surface area contributed by atoms with Crippen LogP contribution in [0.2, 0.25) is 0 Å². The molecule has 1 aliphatic rings. The van der Waals surface area contributed by atoms with Gasteiger partial charge in [-0.3, -0.25) is 9.59 Å². The second kappa shape index (κ2) is 8.24. The molecule has 0 aromatic heterocycles. The number of rotatable bonds is 5. The summed E-state index contributed by atoms with van der Waals surface area (Å²) in [4.78, 5) is 25.5. The number of nitrogens with one attached hydrogen (secondary N) is 2. The van der Waals surface area contributed by atoms with Gasteiger partial charge in [0.05, 0.1) is 5.56 Å². The molecule has 0 spiro atoms. The van der Waals surface area contributed by atoms with Gasteiger partial charge >= 0.3 is 0 Å². The zero-order valence-corrected chi connectivity index (χ0v) is 14.6. The fraction of sp³-hybridized carbons (Fsp3) is 0.556. The lowest BCUT2D eigenvalue weighted by Gasteiger charge is -2.28. The van der Waals surface area contributed by atoms with Gasteiger partial charge in [0.1, 0.15) is 5.82 Å². The summed E-state index contributed by atoms with van der Waals surface area (Å²) < 4.78 is 13.8. The summed E-state index contributed by atoms with van der Waals surface area (Å²) in [5.41, 5.74) is 0.405. The van der Waals surface area contributed by atoms with Crippen molar-refractivity contribution in [2.75, 3.05) is 32.5 Å². The third kappa shape index (κ3) is 4.77. The molecule has 1 heterocycles. The van der Waals surface area contributed by atoms with Crippen LogP contribution in [0.3, 0.4) is 0 Å². The first-order chi connectivity index (χ1) is 11.4. The minimum absolute atomic E-state index is 0.0395. The zero-order valence-electron chi connectivity index (χ0n) is 14.6. The number of carbonyl (C=O) groups is 2. The Labute approximate surface area is 142 Å². The van der Waals surface area contributed by atoms with E-state index < -0.39 is 11.7 Å². The molecular weight excluding hydrogens is 309 g/mol. The standard InChI is InChI=1S/C18H26FN3O2/c1-12(13-5-4-8-20-11-13)9-17(23)21-14-6-7-16(19)15(10-14)18(24)22(2)3/h6-7,10,12-13,20H,4-5,8-9,11H2,1-3H3,(H,21,23). The summed E-state index contributed by atoms with van der Waals surface area (Å²) in [7, 11) is 3.12. The van der Waals surface area contributed by atoms with Gasteiger partial charge in [0, 0.05) is 26.2 Å². The van der Waals surface area contributed by atoms with Crippen molar-refractivity contribution in [3.8, 4) is 0 Å². The molecule has 5 nitrogen and oxygen atoms in total. The van der Waals surface area contributed by atoms with Crippen molar-refractivity contribution in [2.24, 2.45) is 11.8 Å². The van der Waals surface area contributed by atoms with Gasteiger partial charge in [-0.25, -0.2) is 4.39 Å². The topological polar surface area (TPSA) is 61.4 Å². The summed E-state index contributed by atoms with van der Waals surface area (Å²) in [6, 6.07) is 4.08. The van der Waals surface area contributed by atoms with Crippen molar-refractivity contribution < 1.29 is 14.0 Å². The van der Waals surface area contributed by atoms with Crippen LogP contribution < -0.4 is 10.6 Å². The predicted molar refractivity (Wildman–Crippen MR) is 92.4 cm³/mol. The number of hydrogen-bond donors (Lipinski definition) is 2. The highest BCUT2D eigenvalue weighted by molar-refractivity contribution is 5.97. The van der Waals surface area contributed by atoms with Gasteiger partial charge in [-0.05, 0) is 56.0 Å². The van der Waals surface area contributed by atoms with Gasteiger partial charge in [-0.2, -0.15) is 0 Å². The number of hydrogen-bond acceptors (Lipinski definition) is 3. The third-order valence-corrected chi connectivity index (χ3v) is 4.53. The van der Waals surface area contributed by atoms with Crippen LogP contribution in [0.25, 0.3) is 0 Å². The Hall–Kier alpha value is -1.95. The summed E-state index contributed by atoms with van der Waals surface area (Å²) in [5.74, 6) is -0.341. The van der Waals surface area contributed by atoms with Crippen molar-refractivity contribution in [2.45, 2.75) is 26.2 Å². The van der Waals surface area contributed by atoms with Crippen LogP contribution in [0.1, 0.15) is 36.5 Å². The lowest BCUT2D eigenvalue weighted by atomic mass is 9.85. The summed E-state index contributed by atoms with van der Waals surface area (Å²) in [6.45, 7) is 4.09. The number of piperidine rings is 1. The maximum atomic E-state index is 13.8. The van der Waals surface area contributed by atoms with Crippen LogP contribution in [0.5, 0.6) is 0 Å². The molecule has 2 N–H and O–H groups in total. The molecule has 1 fully saturated rings. The highest BCUT2D eigenvalue weighted by Crippen LogP contribution is 2.23. The van der Waals surface area contributed by atoms with Crippen LogP contribution in [0.4, 0.5) is 10.1 Å². The molecule has 2 rings (SSSR count). The molecule has 24 heavy (non-hydrogen) atoms. The Bertz CT molecular complexity index is 598. The fourth-order valence-electron chi connectivity index (χ4n) is 3.04.